The lowest BCUT2D eigenvalue weighted by Crippen LogP contribution is -2.28. The van der Waals surface area contributed by atoms with Crippen molar-refractivity contribution in [2.24, 2.45) is 0 Å². The van der Waals surface area contributed by atoms with Gasteiger partial charge in [-0.25, -0.2) is 0 Å². The van der Waals surface area contributed by atoms with Crippen LogP contribution in [0.15, 0.2) is 265 Å². The first-order valence-corrected chi connectivity index (χ1v) is 23.1. The molecular formula is C65H43NO. The minimum atomic E-state index is -0.551. The molecule has 0 saturated carbocycles. The van der Waals surface area contributed by atoms with E-state index in [1.807, 2.05) is 12.1 Å². The van der Waals surface area contributed by atoms with Gasteiger partial charge in [-0.15, -0.1) is 0 Å². The summed E-state index contributed by atoms with van der Waals surface area (Å²) < 4.78 is 6.36. The van der Waals surface area contributed by atoms with Crippen LogP contribution >= 0.6 is 0 Å². The fraction of sp³-hybridized carbons (Fsp3) is 0.0154. The molecule has 1 aliphatic rings. The van der Waals surface area contributed by atoms with Crippen LogP contribution in [0.5, 0.6) is 0 Å². The third kappa shape index (κ3) is 6.26. The van der Waals surface area contributed by atoms with Crippen molar-refractivity contribution < 1.29 is 4.42 Å². The van der Waals surface area contributed by atoms with Crippen molar-refractivity contribution in [3.05, 3.63) is 283 Å². The van der Waals surface area contributed by atoms with Gasteiger partial charge in [-0.1, -0.05) is 212 Å². The molecule has 314 valence electrons. The van der Waals surface area contributed by atoms with Crippen LogP contribution in [0.4, 0.5) is 17.1 Å². The number of para-hydroxylation sites is 1. The minimum Gasteiger partial charge on any atom is -0.456 e. The van der Waals surface area contributed by atoms with Crippen LogP contribution < -0.4 is 4.90 Å². The van der Waals surface area contributed by atoms with Gasteiger partial charge in [0, 0.05) is 27.6 Å². The number of hydrogen-bond donors (Lipinski definition) is 0. The van der Waals surface area contributed by atoms with Gasteiger partial charge in [-0.3, -0.25) is 0 Å². The molecule has 67 heavy (non-hydrogen) atoms. The second-order valence-electron chi connectivity index (χ2n) is 17.6. The Hall–Kier alpha value is -8.72. The van der Waals surface area contributed by atoms with Gasteiger partial charge in [0.25, 0.3) is 0 Å². The number of fused-ring (bicyclic) bond motifs is 7. The van der Waals surface area contributed by atoms with Gasteiger partial charge < -0.3 is 9.32 Å². The van der Waals surface area contributed by atoms with Gasteiger partial charge in [0.1, 0.15) is 11.2 Å². The smallest absolute Gasteiger partial charge is 0.136 e. The van der Waals surface area contributed by atoms with E-state index >= 15 is 0 Å². The van der Waals surface area contributed by atoms with Crippen molar-refractivity contribution in [3.63, 3.8) is 0 Å². The first-order chi connectivity index (χ1) is 33.2. The predicted molar refractivity (Wildman–Crippen MR) is 280 cm³/mol. The normalized spacial score (nSPS) is 12.6. The van der Waals surface area contributed by atoms with Crippen molar-refractivity contribution >= 4 is 49.8 Å². The SMILES string of the molecule is c1ccc(-c2ccc(-c3ccc4ccccc4c3)cc2N(c2ccc(-c3ccc4c(c3)oc3ccccc34)cc2)c2cccc3c2-c2ccccc2C3(c2ccccc2)c2ccccc2)cc1. The third-order valence-corrected chi connectivity index (χ3v) is 13.9. The lowest BCUT2D eigenvalue weighted by atomic mass is 9.68. The summed E-state index contributed by atoms with van der Waals surface area (Å²) >= 11 is 0. The first-order valence-electron chi connectivity index (χ1n) is 23.1. The molecule has 0 N–H and O–H groups in total. The summed E-state index contributed by atoms with van der Waals surface area (Å²) in [6, 6.07) is 95.3. The number of rotatable bonds is 8. The number of hydrogen-bond acceptors (Lipinski definition) is 2. The van der Waals surface area contributed by atoms with Crippen LogP contribution in [0.1, 0.15) is 22.3 Å². The Labute approximate surface area is 390 Å². The zero-order valence-electron chi connectivity index (χ0n) is 36.7. The van der Waals surface area contributed by atoms with Crippen molar-refractivity contribution in [2.45, 2.75) is 5.41 Å². The van der Waals surface area contributed by atoms with Crippen molar-refractivity contribution in [1.29, 1.82) is 0 Å². The van der Waals surface area contributed by atoms with E-state index in [4.69, 9.17) is 4.42 Å². The maximum Gasteiger partial charge on any atom is 0.136 e. The molecule has 0 aliphatic heterocycles. The van der Waals surface area contributed by atoms with E-state index in [-0.39, 0.29) is 0 Å². The van der Waals surface area contributed by atoms with Gasteiger partial charge in [0.2, 0.25) is 0 Å². The van der Waals surface area contributed by atoms with E-state index in [0.717, 1.165) is 66.8 Å². The zero-order chi connectivity index (χ0) is 44.3. The van der Waals surface area contributed by atoms with Crippen LogP contribution in [0.25, 0.3) is 77.2 Å². The summed E-state index contributed by atoms with van der Waals surface area (Å²) in [6.45, 7) is 0. The Morgan fingerprint density at radius 1 is 0.313 bits per heavy atom. The summed E-state index contributed by atoms with van der Waals surface area (Å²) in [5, 5.41) is 4.71. The fourth-order valence-corrected chi connectivity index (χ4v) is 10.9. The molecular weight excluding hydrogens is 811 g/mol. The molecule has 2 nitrogen and oxygen atoms in total. The lowest BCUT2D eigenvalue weighted by molar-refractivity contribution is 0.669. The average molecular weight is 854 g/mol. The molecule has 0 unspecified atom stereocenters. The standard InChI is InChI=1S/C65H43NO/c1-4-18-46(19-5-1)54-39-35-49(48-32-31-44-17-10-11-20-47(44)41-48)42-61(54)66(53-37-33-45(34-38-53)50-36-40-56-55-25-13-15-30-62(55)67-63(56)43-50)60-29-16-28-59-64(60)57-26-12-14-27-58(57)65(59,51-21-6-2-7-22-51)52-23-8-3-9-24-52/h1-43H. The first kappa shape index (κ1) is 38.7. The summed E-state index contributed by atoms with van der Waals surface area (Å²) in [4.78, 5) is 2.51. The van der Waals surface area contributed by atoms with Crippen molar-refractivity contribution in [2.75, 3.05) is 4.90 Å². The summed E-state index contributed by atoms with van der Waals surface area (Å²) in [5.74, 6) is 0. The minimum absolute atomic E-state index is 0.551. The molecule has 13 rings (SSSR count). The highest BCUT2D eigenvalue weighted by Gasteiger charge is 2.47. The Balaban J connectivity index is 1.07. The molecule has 0 saturated heterocycles. The molecule has 0 radical (unpaired) electrons. The molecule has 0 amide bonds. The maximum absolute atomic E-state index is 6.36. The monoisotopic (exact) mass is 853 g/mol. The largest absolute Gasteiger partial charge is 0.456 e. The van der Waals surface area contributed by atoms with E-state index in [1.54, 1.807) is 0 Å². The van der Waals surface area contributed by atoms with E-state index < -0.39 is 5.41 Å². The van der Waals surface area contributed by atoms with Gasteiger partial charge in [0.05, 0.1) is 16.8 Å². The Morgan fingerprint density at radius 3 is 1.69 bits per heavy atom. The Bertz CT molecular complexity index is 3760. The van der Waals surface area contributed by atoms with Crippen LogP contribution in [0.2, 0.25) is 0 Å². The third-order valence-electron chi connectivity index (χ3n) is 13.9. The zero-order valence-corrected chi connectivity index (χ0v) is 36.7. The predicted octanol–water partition coefficient (Wildman–Crippen LogP) is 17.6. The van der Waals surface area contributed by atoms with Crippen LogP contribution in [-0.4, -0.2) is 0 Å². The number of furan rings is 1. The lowest BCUT2D eigenvalue weighted by Gasteiger charge is -2.34. The molecule has 1 heterocycles. The van der Waals surface area contributed by atoms with Crippen LogP contribution in [-0.2, 0) is 5.41 Å². The highest BCUT2D eigenvalue weighted by atomic mass is 16.3. The highest BCUT2D eigenvalue weighted by Crippen LogP contribution is 2.60. The molecule has 1 aromatic heterocycles. The van der Waals surface area contributed by atoms with E-state index in [0.29, 0.717) is 0 Å². The maximum atomic E-state index is 6.36. The molecule has 12 aromatic rings. The molecule has 1 aliphatic carbocycles. The summed E-state index contributed by atoms with van der Waals surface area (Å²) in [5.41, 5.74) is 18.8. The average Bonchev–Trinajstić information content (AvgIpc) is 3.93. The Morgan fingerprint density at radius 2 is 0.896 bits per heavy atom. The van der Waals surface area contributed by atoms with Gasteiger partial charge in [-0.05, 0) is 115 Å². The van der Waals surface area contributed by atoms with E-state index in [9.17, 15) is 0 Å². The molecule has 2 heteroatoms. The second-order valence-corrected chi connectivity index (χ2v) is 17.6. The molecule has 11 aromatic carbocycles. The van der Waals surface area contributed by atoms with Gasteiger partial charge >= 0.3 is 0 Å². The quantitative estimate of drug-likeness (QED) is 0.151. The van der Waals surface area contributed by atoms with E-state index in [1.165, 1.54) is 49.7 Å². The molecule has 0 fully saturated rings. The van der Waals surface area contributed by atoms with E-state index in [2.05, 4.69) is 254 Å². The summed E-state index contributed by atoms with van der Waals surface area (Å²) in [6.07, 6.45) is 0. The number of nitrogens with zero attached hydrogens (tertiary/aromatic N) is 1. The number of anilines is 3. The molecule has 0 atom stereocenters. The molecule has 0 bridgehead atoms. The van der Waals surface area contributed by atoms with Gasteiger partial charge in [-0.2, -0.15) is 0 Å². The van der Waals surface area contributed by atoms with Crippen LogP contribution in [0.3, 0.4) is 0 Å². The van der Waals surface area contributed by atoms with Crippen LogP contribution in [0, 0.1) is 0 Å². The van der Waals surface area contributed by atoms with Crippen molar-refractivity contribution in [3.8, 4) is 44.5 Å². The summed E-state index contributed by atoms with van der Waals surface area (Å²) in [7, 11) is 0. The highest BCUT2D eigenvalue weighted by molar-refractivity contribution is 6.06. The Kier molecular flexibility index (Phi) is 9.11. The molecule has 0 spiro atoms. The second kappa shape index (κ2) is 15.8. The van der Waals surface area contributed by atoms with Gasteiger partial charge in [0.15, 0.2) is 0 Å². The fourth-order valence-electron chi connectivity index (χ4n) is 10.9. The van der Waals surface area contributed by atoms with Crippen molar-refractivity contribution in [1.82, 2.24) is 0 Å². The number of benzene rings is 11. The topological polar surface area (TPSA) is 16.4 Å².